The van der Waals surface area contributed by atoms with Crippen LogP contribution in [-0.4, -0.2) is 38.2 Å². The van der Waals surface area contributed by atoms with Gasteiger partial charge in [0.1, 0.15) is 5.75 Å². The lowest BCUT2D eigenvalue weighted by atomic mass is 10.1. The number of hydrogen-bond donors (Lipinski definition) is 1. The molecule has 0 aromatic heterocycles. The predicted molar refractivity (Wildman–Crippen MR) is 142 cm³/mol. The molecule has 1 N–H and O–H groups in total. The first-order valence-corrected chi connectivity index (χ1v) is 12.4. The fourth-order valence-electron chi connectivity index (χ4n) is 4.13. The van der Waals surface area contributed by atoms with Gasteiger partial charge in [-0.3, -0.25) is 9.59 Å². The Morgan fingerprint density at radius 1 is 0.946 bits per heavy atom. The van der Waals surface area contributed by atoms with E-state index in [9.17, 15) is 9.59 Å². The van der Waals surface area contributed by atoms with E-state index in [-0.39, 0.29) is 18.4 Å². The molecule has 2 amide bonds. The number of benzene rings is 3. The van der Waals surface area contributed by atoms with Crippen molar-refractivity contribution in [1.29, 1.82) is 0 Å². The number of nitrogens with zero attached hydrogens (tertiary/aromatic N) is 1. The zero-order valence-electron chi connectivity index (χ0n) is 21.6. The summed E-state index contributed by atoms with van der Waals surface area (Å²) in [6.07, 6.45) is 0. The van der Waals surface area contributed by atoms with Gasteiger partial charge in [-0.25, -0.2) is 0 Å². The molecule has 0 bridgehead atoms. The van der Waals surface area contributed by atoms with Gasteiger partial charge in [-0.05, 0) is 69.2 Å². The largest absolute Gasteiger partial charge is 0.490 e. The van der Waals surface area contributed by atoms with Crippen molar-refractivity contribution in [3.63, 3.8) is 0 Å². The second kappa shape index (κ2) is 11.7. The van der Waals surface area contributed by atoms with Crippen LogP contribution in [0.1, 0.15) is 42.3 Å². The SMILES string of the molecule is CCOc1cc(C(=O)Nc2ccc3c(c2)N(Cc2ccccc2C)C(=O)CO3)cc(OCC)c1OCC. The second-order valence-electron chi connectivity index (χ2n) is 8.43. The molecule has 3 aromatic carbocycles. The van der Waals surface area contributed by atoms with Crippen molar-refractivity contribution in [3.8, 4) is 23.0 Å². The number of anilines is 2. The molecular formula is C29H32N2O6. The van der Waals surface area contributed by atoms with Crippen LogP contribution in [0.25, 0.3) is 0 Å². The van der Waals surface area contributed by atoms with Gasteiger partial charge < -0.3 is 29.2 Å². The molecule has 8 nitrogen and oxygen atoms in total. The highest BCUT2D eigenvalue weighted by atomic mass is 16.5. The fraction of sp³-hybridized carbons (Fsp3) is 0.310. The summed E-state index contributed by atoms with van der Waals surface area (Å²) in [5.41, 5.74) is 3.63. The number of fused-ring (bicyclic) bond motifs is 1. The monoisotopic (exact) mass is 504 g/mol. The number of nitrogens with one attached hydrogen (secondary N) is 1. The van der Waals surface area contributed by atoms with Crippen LogP contribution in [-0.2, 0) is 11.3 Å². The Balaban J connectivity index is 1.63. The van der Waals surface area contributed by atoms with E-state index in [0.717, 1.165) is 11.1 Å². The molecule has 0 fully saturated rings. The molecule has 0 aliphatic carbocycles. The summed E-state index contributed by atoms with van der Waals surface area (Å²) in [7, 11) is 0. The summed E-state index contributed by atoms with van der Waals surface area (Å²) in [6, 6.07) is 16.5. The highest BCUT2D eigenvalue weighted by Gasteiger charge is 2.27. The topological polar surface area (TPSA) is 86.3 Å². The lowest BCUT2D eigenvalue weighted by molar-refractivity contribution is -0.121. The van der Waals surface area contributed by atoms with Crippen molar-refractivity contribution in [2.24, 2.45) is 0 Å². The molecule has 1 aliphatic rings. The minimum atomic E-state index is -0.349. The predicted octanol–water partition coefficient (Wildman–Crippen LogP) is 5.37. The Labute approximate surface area is 217 Å². The third-order valence-corrected chi connectivity index (χ3v) is 5.92. The minimum absolute atomic E-state index is 0.0306. The van der Waals surface area contributed by atoms with Gasteiger partial charge in [0, 0.05) is 11.3 Å². The van der Waals surface area contributed by atoms with Crippen molar-refractivity contribution in [2.45, 2.75) is 34.2 Å². The van der Waals surface area contributed by atoms with E-state index in [1.54, 1.807) is 35.2 Å². The van der Waals surface area contributed by atoms with E-state index in [1.807, 2.05) is 52.0 Å². The van der Waals surface area contributed by atoms with Crippen LogP contribution in [0, 0.1) is 6.92 Å². The molecule has 37 heavy (non-hydrogen) atoms. The summed E-state index contributed by atoms with van der Waals surface area (Å²) in [5, 5.41) is 2.92. The van der Waals surface area contributed by atoms with Gasteiger partial charge in [0.2, 0.25) is 5.75 Å². The number of carbonyl (C=O) groups excluding carboxylic acids is 2. The number of amides is 2. The van der Waals surface area contributed by atoms with Crippen LogP contribution in [0.2, 0.25) is 0 Å². The summed E-state index contributed by atoms with van der Waals surface area (Å²) >= 11 is 0. The van der Waals surface area contributed by atoms with Crippen molar-refractivity contribution in [3.05, 3.63) is 71.3 Å². The maximum absolute atomic E-state index is 13.3. The third kappa shape index (κ3) is 5.80. The maximum atomic E-state index is 13.3. The Morgan fingerprint density at radius 2 is 1.62 bits per heavy atom. The van der Waals surface area contributed by atoms with E-state index < -0.39 is 0 Å². The molecule has 4 rings (SSSR count). The molecule has 8 heteroatoms. The third-order valence-electron chi connectivity index (χ3n) is 5.92. The Bertz CT molecular complexity index is 1260. The van der Waals surface area contributed by atoms with Gasteiger partial charge in [-0.1, -0.05) is 24.3 Å². The molecule has 0 atom stereocenters. The summed E-state index contributed by atoms with van der Waals surface area (Å²) in [6.45, 7) is 9.24. The van der Waals surface area contributed by atoms with Crippen molar-refractivity contribution >= 4 is 23.2 Å². The molecule has 194 valence electrons. The zero-order chi connectivity index (χ0) is 26.4. The standard InChI is InChI=1S/C29H32N2O6/c1-5-34-25-14-21(15-26(35-6-2)28(25)36-7-3)29(33)30-22-12-13-24-23(16-22)31(27(32)18-37-24)17-20-11-9-8-10-19(20)4/h8-16H,5-7,17-18H2,1-4H3,(H,30,33). The molecule has 1 aliphatic heterocycles. The number of carbonyl (C=O) groups is 2. The first-order chi connectivity index (χ1) is 17.9. The van der Waals surface area contributed by atoms with Crippen LogP contribution in [0.4, 0.5) is 11.4 Å². The molecule has 0 saturated heterocycles. The van der Waals surface area contributed by atoms with Gasteiger partial charge in [-0.2, -0.15) is 0 Å². The summed E-state index contributed by atoms with van der Waals surface area (Å²) in [5.74, 6) is 1.44. The highest BCUT2D eigenvalue weighted by molar-refractivity contribution is 6.06. The van der Waals surface area contributed by atoms with Crippen LogP contribution in [0.15, 0.2) is 54.6 Å². The van der Waals surface area contributed by atoms with E-state index in [2.05, 4.69) is 5.32 Å². The molecule has 3 aromatic rings. The zero-order valence-corrected chi connectivity index (χ0v) is 21.6. The van der Waals surface area contributed by atoms with Crippen molar-refractivity contribution in [2.75, 3.05) is 36.6 Å². The van der Waals surface area contributed by atoms with Crippen molar-refractivity contribution in [1.82, 2.24) is 0 Å². The molecule has 0 radical (unpaired) electrons. The second-order valence-corrected chi connectivity index (χ2v) is 8.43. The Hall–Kier alpha value is -4.20. The first-order valence-electron chi connectivity index (χ1n) is 12.4. The van der Waals surface area contributed by atoms with Crippen molar-refractivity contribution < 1.29 is 28.5 Å². The minimum Gasteiger partial charge on any atom is -0.490 e. The maximum Gasteiger partial charge on any atom is 0.265 e. The van der Waals surface area contributed by atoms with Gasteiger partial charge in [0.15, 0.2) is 18.1 Å². The Morgan fingerprint density at radius 3 is 2.27 bits per heavy atom. The molecular weight excluding hydrogens is 472 g/mol. The van der Waals surface area contributed by atoms with Gasteiger partial charge in [0.25, 0.3) is 11.8 Å². The van der Waals surface area contributed by atoms with Crippen LogP contribution >= 0.6 is 0 Å². The van der Waals surface area contributed by atoms with Crippen LogP contribution in [0.3, 0.4) is 0 Å². The average Bonchev–Trinajstić information content (AvgIpc) is 2.89. The van der Waals surface area contributed by atoms with Gasteiger partial charge in [-0.15, -0.1) is 0 Å². The lowest BCUT2D eigenvalue weighted by Gasteiger charge is -2.30. The summed E-state index contributed by atoms with van der Waals surface area (Å²) < 4.78 is 22.9. The van der Waals surface area contributed by atoms with Gasteiger partial charge in [0.05, 0.1) is 32.1 Å². The normalized spacial score (nSPS) is 12.4. The van der Waals surface area contributed by atoms with Crippen LogP contribution in [0.5, 0.6) is 23.0 Å². The number of aryl methyl sites for hydroxylation is 1. The quantitative estimate of drug-likeness (QED) is 0.400. The number of ether oxygens (including phenoxy) is 4. The number of hydrogen-bond acceptors (Lipinski definition) is 6. The highest BCUT2D eigenvalue weighted by Crippen LogP contribution is 2.40. The van der Waals surface area contributed by atoms with E-state index >= 15 is 0 Å². The summed E-state index contributed by atoms with van der Waals surface area (Å²) in [4.78, 5) is 27.7. The average molecular weight is 505 g/mol. The van der Waals surface area contributed by atoms with E-state index in [4.69, 9.17) is 18.9 Å². The molecule has 0 saturated carbocycles. The molecule has 0 spiro atoms. The number of rotatable bonds is 10. The lowest BCUT2D eigenvalue weighted by Crippen LogP contribution is -2.38. The molecule has 0 unspecified atom stereocenters. The molecule has 1 heterocycles. The van der Waals surface area contributed by atoms with E-state index in [1.165, 1.54) is 0 Å². The smallest absolute Gasteiger partial charge is 0.265 e. The first kappa shape index (κ1) is 25.9. The van der Waals surface area contributed by atoms with Gasteiger partial charge >= 0.3 is 0 Å². The van der Waals surface area contributed by atoms with E-state index in [0.29, 0.717) is 66.3 Å². The fourth-order valence-corrected chi connectivity index (χ4v) is 4.13. The van der Waals surface area contributed by atoms with Crippen LogP contribution < -0.4 is 29.2 Å². The Kier molecular flexibility index (Phi) is 8.18.